The highest BCUT2D eigenvalue weighted by Gasteiger charge is 2.39. The largest absolute Gasteiger partial charge is 0.481 e. The van der Waals surface area contributed by atoms with Crippen molar-refractivity contribution in [2.75, 3.05) is 6.61 Å². The molecular weight excluding hydrogens is 336 g/mol. The van der Waals surface area contributed by atoms with Gasteiger partial charge in [0.05, 0.1) is 12.2 Å². The molecule has 4 atom stereocenters. The summed E-state index contributed by atoms with van der Waals surface area (Å²) in [7, 11) is 0. The number of hydrogen-bond acceptors (Lipinski definition) is 5. The number of aliphatic carboxylic acids is 1. The molecule has 26 heavy (non-hydrogen) atoms. The zero-order chi connectivity index (χ0) is 19.4. The maximum absolute atomic E-state index is 12.1. The van der Waals surface area contributed by atoms with Gasteiger partial charge in [-0.1, -0.05) is 37.1 Å². The SMILES string of the molecule is O=C(O)CCCC=CC[C@H]1C(=O)C[C@@H](O)[C@@H]1/C=C/[C@@H](O)CCCCCO. The van der Waals surface area contributed by atoms with Gasteiger partial charge in [-0.05, 0) is 32.1 Å². The molecular formula is C20H32O6. The molecule has 0 aromatic rings. The summed E-state index contributed by atoms with van der Waals surface area (Å²) in [5.41, 5.74) is 0. The molecule has 0 unspecified atom stereocenters. The monoisotopic (exact) mass is 368 g/mol. The van der Waals surface area contributed by atoms with E-state index in [1.807, 2.05) is 12.2 Å². The zero-order valence-electron chi connectivity index (χ0n) is 15.3. The van der Waals surface area contributed by atoms with Gasteiger partial charge in [0.15, 0.2) is 0 Å². The Bertz CT molecular complexity index is 485. The van der Waals surface area contributed by atoms with Crippen LogP contribution in [0, 0.1) is 11.8 Å². The minimum Gasteiger partial charge on any atom is -0.481 e. The van der Waals surface area contributed by atoms with Crippen LogP contribution in [0.15, 0.2) is 24.3 Å². The van der Waals surface area contributed by atoms with E-state index in [9.17, 15) is 19.8 Å². The number of rotatable bonds is 13. The number of Topliss-reactive ketones (excluding diaryl/α,β-unsaturated/α-hetero) is 1. The summed E-state index contributed by atoms with van der Waals surface area (Å²) < 4.78 is 0. The van der Waals surface area contributed by atoms with Crippen molar-refractivity contribution in [2.24, 2.45) is 11.8 Å². The minimum atomic E-state index is -0.812. The summed E-state index contributed by atoms with van der Waals surface area (Å²) in [4.78, 5) is 22.6. The first-order chi connectivity index (χ1) is 12.5. The first-order valence-corrected chi connectivity index (χ1v) is 9.50. The van der Waals surface area contributed by atoms with Crippen LogP contribution in [0.5, 0.6) is 0 Å². The van der Waals surface area contributed by atoms with Crippen LogP contribution in [0.25, 0.3) is 0 Å². The Morgan fingerprint density at radius 2 is 1.96 bits per heavy atom. The number of carboxylic acids is 1. The molecule has 1 fully saturated rings. The number of hydrogen-bond donors (Lipinski definition) is 4. The predicted molar refractivity (Wildman–Crippen MR) is 98.6 cm³/mol. The molecule has 4 N–H and O–H groups in total. The summed E-state index contributed by atoms with van der Waals surface area (Å²) in [6.45, 7) is 0.161. The molecule has 1 saturated carbocycles. The number of carbonyl (C=O) groups excluding carboxylic acids is 1. The molecule has 0 aromatic heterocycles. The first kappa shape index (κ1) is 22.5. The van der Waals surface area contributed by atoms with Crippen LogP contribution in [0.3, 0.4) is 0 Å². The minimum absolute atomic E-state index is 0.0276. The number of ketones is 1. The Morgan fingerprint density at radius 3 is 2.65 bits per heavy atom. The van der Waals surface area contributed by atoms with Gasteiger partial charge in [0.25, 0.3) is 0 Å². The zero-order valence-corrected chi connectivity index (χ0v) is 15.3. The molecule has 1 aliphatic rings. The fourth-order valence-electron chi connectivity index (χ4n) is 3.25. The van der Waals surface area contributed by atoms with Crippen LogP contribution in [0.4, 0.5) is 0 Å². The van der Waals surface area contributed by atoms with Crippen molar-refractivity contribution in [3.05, 3.63) is 24.3 Å². The molecule has 0 saturated heterocycles. The van der Waals surface area contributed by atoms with E-state index in [0.717, 1.165) is 19.3 Å². The Balaban J connectivity index is 2.45. The molecule has 148 valence electrons. The van der Waals surface area contributed by atoms with Crippen LogP contribution in [0.1, 0.15) is 57.8 Å². The van der Waals surface area contributed by atoms with Gasteiger partial charge < -0.3 is 20.4 Å². The second kappa shape index (κ2) is 12.8. The Morgan fingerprint density at radius 1 is 1.19 bits per heavy atom. The van der Waals surface area contributed by atoms with E-state index in [1.165, 1.54) is 0 Å². The highest BCUT2D eigenvalue weighted by molar-refractivity contribution is 5.84. The average molecular weight is 368 g/mol. The number of carboxylic acid groups (broad SMARTS) is 1. The van der Waals surface area contributed by atoms with Gasteiger partial charge in [0, 0.05) is 31.3 Å². The van der Waals surface area contributed by atoms with Gasteiger partial charge in [-0.15, -0.1) is 0 Å². The molecule has 1 rings (SSSR count). The van der Waals surface area contributed by atoms with Gasteiger partial charge in [-0.3, -0.25) is 9.59 Å². The number of aliphatic hydroxyl groups excluding tert-OH is 3. The van der Waals surface area contributed by atoms with Crippen molar-refractivity contribution < 1.29 is 30.0 Å². The lowest BCUT2D eigenvalue weighted by molar-refractivity contribution is -0.137. The Labute approximate surface area is 155 Å². The lowest BCUT2D eigenvalue weighted by Gasteiger charge is -2.16. The second-order valence-corrected chi connectivity index (χ2v) is 6.94. The van der Waals surface area contributed by atoms with Gasteiger partial charge >= 0.3 is 5.97 Å². The summed E-state index contributed by atoms with van der Waals surface area (Å²) in [6.07, 6.45) is 10.9. The van der Waals surface area contributed by atoms with E-state index in [1.54, 1.807) is 12.2 Å². The van der Waals surface area contributed by atoms with Crippen molar-refractivity contribution in [1.82, 2.24) is 0 Å². The molecule has 0 radical (unpaired) electrons. The number of allylic oxidation sites excluding steroid dienone is 2. The van der Waals surface area contributed by atoms with Crippen LogP contribution in [0.2, 0.25) is 0 Å². The molecule has 0 bridgehead atoms. The lowest BCUT2D eigenvalue weighted by Crippen LogP contribution is -2.18. The topological polar surface area (TPSA) is 115 Å². The van der Waals surface area contributed by atoms with Gasteiger partial charge in [-0.2, -0.15) is 0 Å². The second-order valence-electron chi connectivity index (χ2n) is 6.94. The van der Waals surface area contributed by atoms with Gasteiger partial charge in [0.1, 0.15) is 5.78 Å². The molecule has 6 nitrogen and oxygen atoms in total. The van der Waals surface area contributed by atoms with Crippen LogP contribution < -0.4 is 0 Å². The third-order valence-corrected chi connectivity index (χ3v) is 4.76. The number of carbonyl (C=O) groups is 2. The maximum Gasteiger partial charge on any atom is 0.303 e. The van der Waals surface area contributed by atoms with Crippen molar-refractivity contribution in [3.63, 3.8) is 0 Å². The molecule has 0 spiro atoms. The highest BCUT2D eigenvalue weighted by Crippen LogP contribution is 2.33. The van der Waals surface area contributed by atoms with Crippen LogP contribution >= 0.6 is 0 Å². The highest BCUT2D eigenvalue weighted by atomic mass is 16.4. The maximum atomic E-state index is 12.1. The first-order valence-electron chi connectivity index (χ1n) is 9.50. The van der Waals surface area contributed by atoms with Crippen molar-refractivity contribution >= 4 is 11.8 Å². The quantitative estimate of drug-likeness (QED) is 0.293. The third kappa shape index (κ3) is 8.74. The van der Waals surface area contributed by atoms with Gasteiger partial charge in [0.2, 0.25) is 0 Å². The fourth-order valence-corrected chi connectivity index (χ4v) is 3.25. The predicted octanol–water partition coefficient (Wildman–Crippen LogP) is 2.22. The molecule has 0 aromatic carbocycles. The average Bonchev–Trinajstić information content (AvgIpc) is 2.85. The summed E-state index contributed by atoms with van der Waals surface area (Å²) in [5, 5.41) is 37.4. The van der Waals surface area contributed by atoms with E-state index in [2.05, 4.69) is 0 Å². The summed E-state index contributed by atoms with van der Waals surface area (Å²) >= 11 is 0. The number of unbranched alkanes of at least 4 members (excludes halogenated alkanes) is 3. The molecule has 0 heterocycles. The van der Waals surface area contributed by atoms with Crippen LogP contribution in [-0.2, 0) is 9.59 Å². The summed E-state index contributed by atoms with van der Waals surface area (Å²) in [6, 6.07) is 0. The third-order valence-electron chi connectivity index (χ3n) is 4.76. The lowest BCUT2D eigenvalue weighted by atomic mass is 9.90. The number of aliphatic hydroxyl groups is 3. The molecule has 6 heteroatoms. The van der Waals surface area contributed by atoms with Crippen molar-refractivity contribution in [3.8, 4) is 0 Å². The summed E-state index contributed by atoms with van der Waals surface area (Å²) in [5.74, 6) is -1.37. The van der Waals surface area contributed by atoms with Crippen LogP contribution in [-0.4, -0.2) is 51.0 Å². The van der Waals surface area contributed by atoms with E-state index >= 15 is 0 Å². The van der Waals surface area contributed by atoms with E-state index in [-0.39, 0.29) is 37.1 Å². The standard InChI is InChI=1S/C20H32O6/c21-13-7-3-4-8-15(22)11-12-17-16(18(23)14-19(17)24)9-5-1-2-6-10-20(25)26/h1,5,11-12,15-17,19,21-22,24H,2-4,6-10,13-14H2,(H,25,26)/b5-1?,12-11+/t15-,16+,17+,19+/m0/s1. The normalized spacial score (nSPS) is 24.7. The Hall–Kier alpha value is -1.50. The van der Waals surface area contributed by atoms with E-state index in [0.29, 0.717) is 25.7 Å². The molecule has 0 amide bonds. The van der Waals surface area contributed by atoms with Gasteiger partial charge in [-0.25, -0.2) is 0 Å². The van der Waals surface area contributed by atoms with E-state index < -0.39 is 18.2 Å². The molecule has 1 aliphatic carbocycles. The van der Waals surface area contributed by atoms with Crippen molar-refractivity contribution in [2.45, 2.75) is 70.0 Å². The Kier molecular flexibility index (Phi) is 11.1. The smallest absolute Gasteiger partial charge is 0.303 e. The van der Waals surface area contributed by atoms with Crippen molar-refractivity contribution in [1.29, 1.82) is 0 Å². The molecule has 0 aliphatic heterocycles. The fraction of sp³-hybridized carbons (Fsp3) is 0.700. The van der Waals surface area contributed by atoms with E-state index in [4.69, 9.17) is 10.2 Å².